The van der Waals surface area contributed by atoms with Crippen LogP contribution in [0.1, 0.15) is 98.6 Å². The van der Waals surface area contributed by atoms with Crippen LogP contribution >= 0.6 is 0 Å². The summed E-state index contributed by atoms with van der Waals surface area (Å²) in [7, 11) is 2.99. The first-order valence-corrected chi connectivity index (χ1v) is 17.6. The van der Waals surface area contributed by atoms with Crippen molar-refractivity contribution in [3.05, 3.63) is 47.0 Å². The Labute approximate surface area is 295 Å². The maximum Gasteiger partial charge on any atom is 0.408 e. The molecular weight excluding hydrogens is 646 g/mol. The normalized spacial score (nSPS) is 32.9. The first-order valence-electron chi connectivity index (χ1n) is 17.6. The summed E-state index contributed by atoms with van der Waals surface area (Å²) in [6, 6.07) is 7.14. The van der Waals surface area contributed by atoms with Crippen molar-refractivity contribution in [1.82, 2.24) is 5.32 Å². The molecule has 10 atom stereocenters. The van der Waals surface area contributed by atoms with Crippen LogP contribution in [0.5, 0.6) is 0 Å². The molecule has 0 saturated heterocycles. The van der Waals surface area contributed by atoms with Gasteiger partial charge in [0, 0.05) is 38.4 Å². The molecule has 4 rings (SSSR count). The predicted octanol–water partition coefficient (Wildman–Crippen LogP) is 3.92. The lowest BCUT2D eigenvalue weighted by molar-refractivity contribution is -0.242. The summed E-state index contributed by atoms with van der Waals surface area (Å²) in [6.45, 7) is 12.1. The molecule has 0 aliphatic heterocycles. The molecule has 2 saturated carbocycles. The SMILES string of the molecule is CC[C@H](C[C@H]1CC[C@@]1(O)C1CC(=O)[C@H](OC)C2=C(C)[C@@H](OC(=O)[C@H](O)[C@@H](NC(=O)OC(C)(C)C)c3ccccc3)C[C@@](O)([C@H]1O)C2(C)C)OC. The highest BCUT2D eigenvalue weighted by atomic mass is 16.6. The van der Waals surface area contributed by atoms with Gasteiger partial charge in [0.05, 0.1) is 23.9 Å². The minimum atomic E-state index is -2.01. The van der Waals surface area contributed by atoms with Crippen molar-refractivity contribution in [2.24, 2.45) is 17.3 Å². The summed E-state index contributed by atoms with van der Waals surface area (Å²) < 4.78 is 22.7. The molecule has 1 amide bonds. The Kier molecular flexibility index (Phi) is 12.0. The van der Waals surface area contributed by atoms with Gasteiger partial charge in [-0.1, -0.05) is 51.1 Å². The third-order valence-electron chi connectivity index (χ3n) is 11.5. The number of aliphatic hydroxyl groups excluding tert-OH is 2. The van der Waals surface area contributed by atoms with E-state index in [9.17, 15) is 34.8 Å². The largest absolute Gasteiger partial charge is 0.456 e. The number of benzene rings is 1. The molecule has 3 aliphatic rings. The number of carbonyl (C=O) groups is 3. The average Bonchev–Trinajstić information content (AvgIpc) is 3.05. The molecule has 0 radical (unpaired) electrons. The van der Waals surface area contributed by atoms with Crippen LogP contribution in [0.3, 0.4) is 0 Å². The summed E-state index contributed by atoms with van der Waals surface area (Å²) >= 11 is 0. The molecule has 1 aromatic rings. The zero-order valence-electron chi connectivity index (χ0n) is 30.9. The Morgan fingerprint density at radius 2 is 1.74 bits per heavy atom. The van der Waals surface area contributed by atoms with Gasteiger partial charge < -0.3 is 44.7 Å². The number of hydrogen-bond acceptors (Lipinski definition) is 11. The van der Waals surface area contributed by atoms with Gasteiger partial charge in [-0.2, -0.15) is 0 Å². The van der Waals surface area contributed by atoms with E-state index in [1.54, 1.807) is 79.0 Å². The summed E-state index contributed by atoms with van der Waals surface area (Å²) in [4.78, 5) is 40.6. The number of esters is 1. The first-order chi connectivity index (χ1) is 23.2. The van der Waals surface area contributed by atoms with Gasteiger partial charge in [-0.25, -0.2) is 9.59 Å². The van der Waals surface area contributed by atoms with Gasteiger partial charge in [0.2, 0.25) is 0 Å². The molecule has 0 aromatic heterocycles. The van der Waals surface area contributed by atoms with Crippen LogP contribution in [-0.4, -0.2) is 99.8 Å². The summed E-state index contributed by atoms with van der Waals surface area (Å²) in [5.74, 6) is -2.81. The third-order valence-corrected chi connectivity index (χ3v) is 11.5. The Morgan fingerprint density at radius 1 is 1.10 bits per heavy atom. The Bertz CT molecular complexity index is 1420. The van der Waals surface area contributed by atoms with E-state index in [0.717, 1.165) is 6.42 Å². The Hall–Kier alpha value is -2.87. The van der Waals surface area contributed by atoms with E-state index >= 15 is 0 Å². The second kappa shape index (κ2) is 15.0. The zero-order valence-corrected chi connectivity index (χ0v) is 30.9. The van der Waals surface area contributed by atoms with E-state index in [-0.39, 0.29) is 30.6 Å². The average molecular weight is 704 g/mol. The number of Topliss-reactive ketones (excluding diaryl/α,β-unsaturated/α-hetero) is 1. The topological polar surface area (TPSA) is 181 Å². The quantitative estimate of drug-likeness (QED) is 0.167. The molecule has 12 nitrogen and oxygen atoms in total. The molecule has 1 unspecified atom stereocenters. The summed E-state index contributed by atoms with van der Waals surface area (Å²) in [5.41, 5.74) is -4.37. The lowest BCUT2D eigenvalue weighted by Crippen LogP contribution is -2.69. The number of aliphatic hydroxyl groups is 4. The van der Waals surface area contributed by atoms with Crippen LogP contribution in [0.25, 0.3) is 0 Å². The molecule has 12 heteroatoms. The minimum Gasteiger partial charge on any atom is -0.456 e. The van der Waals surface area contributed by atoms with Gasteiger partial charge in [-0.15, -0.1) is 0 Å². The zero-order chi connectivity index (χ0) is 37.4. The maximum atomic E-state index is 14.0. The number of nitrogens with one attached hydrogen (secondary N) is 1. The molecule has 3 aliphatic carbocycles. The van der Waals surface area contributed by atoms with E-state index in [4.69, 9.17) is 18.9 Å². The molecule has 0 spiro atoms. The second-order valence-electron chi connectivity index (χ2n) is 15.8. The highest BCUT2D eigenvalue weighted by Gasteiger charge is 2.66. The number of ether oxygens (including phenoxy) is 4. The van der Waals surface area contributed by atoms with Crippen molar-refractivity contribution in [2.75, 3.05) is 14.2 Å². The van der Waals surface area contributed by atoms with Gasteiger partial charge >= 0.3 is 12.1 Å². The molecule has 5 N–H and O–H groups in total. The van der Waals surface area contributed by atoms with Crippen LogP contribution in [-0.2, 0) is 28.5 Å². The van der Waals surface area contributed by atoms with Crippen molar-refractivity contribution < 1.29 is 53.8 Å². The van der Waals surface area contributed by atoms with Gasteiger partial charge in [-0.05, 0) is 76.0 Å². The number of amides is 1. The van der Waals surface area contributed by atoms with Crippen molar-refractivity contribution in [3.8, 4) is 0 Å². The van der Waals surface area contributed by atoms with E-state index < -0.39 is 70.7 Å². The molecular formula is C38H57NO11. The fourth-order valence-corrected chi connectivity index (χ4v) is 8.36. The minimum absolute atomic E-state index is 0.119. The van der Waals surface area contributed by atoms with Gasteiger partial charge in [0.25, 0.3) is 0 Å². The number of carbonyl (C=O) groups excluding carboxylic acids is 3. The number of hydrogen-bond donors (Lipinski definition) is 5. The number of alkyl carbamates (subject to hydrolysis) is 1. The molecule has 280 valence electrons. The Balaban J connectivity index is 1.71. The lowest BCUT2D eigenvalue weighted by atomic mass is 9.50. The smallest absolute Gasteiger partial charge is 0.408 e. The van der Waals surface area contributed by atoms with Gasteiger partial charge in [0.1, 0.15) is 23.4 Å². The van der Waals surface area contributed by atoms with Gasteiger partial charge in [-0.3, -0.25) is 4.79 Å². The molecule has 0 heterocycles. The van der Waals surface area contributed by atoms with E-state index in [1.807, 2.05) is 6.92 Å². The van der Waals surface area contributed by atoms with E-state index in [1.165, 1.54) is 7.11 Å². The van der Waals surface area contributed by atoms with Crippen molar-refractivity contribution >= 4 is 17.8 Å². The standard InChI is InChI=1S/C38H57NO11/c1-10-24(47-8)18-23-16-17-37(23,45)25-19-26(40)31(48-9)28-21(2)27(20-38(46,32(25)42)36(28,6)7)49-33(43)30(41)29(22-14-12-11-13-15-22)39-34(44)50-35(3,4)5/h11-15,23-25,27,29-32,41-42,45-46H,10,16-20H2,1-9H3,(H,39,44)/t23-,24-,25?,27+,29+,30-,31+,32+,37+,38-/m1/s1. The van der Waals surface area contributed by atoms with Crippen molar-refractivity contribution in [1.29, 1.82) is 0 Å². The molecule has 2 bridgehead atoms. The van der Waals surface area contributed by atoms with Crippen LogP contribution in [0.4, 0.5) is 4.79 Å². The van der Waals surface area contributed by atoms with Crippen molar-refractivity contribution in [2.45, 2.75) is 140 Å². The highest BCUT2D eigenvalue weighted by Crippen LogP contribution is 2.58. The number of methoxy groups -OCH3 is 2. The summed E-state index contributed by atoms with van der Waals surface area (Å²) in [5, 5.41) is 50.9. The third kappa shape index (κ3) is 7.52. The molecule has 2 fully saturated rings. The number of ketones is 1. The second-order valence-corrected chi connectivity index (χ2v) is 15.8. The lowest BCUT2D eigenvalue weighted by Gasteiger charge is -2.60. The summed E-state index contributed by atoms with van der Waals surface area (Å²) in [6.07, 6.45) is -5.11. The predicted molar refractivity (Wildman–Crippen MR) is 184 cm³/mol. The van der Waals surface area contributed by atoms with Gasteiger partial charge in [0.15, 0.2) is 11.9 Å². The van der Waals surface area contributed by atoms with Crippen LogP contribution < -0.4 is 5.32 Å². The van der Waals surface area contributed by atoms with E-state index in [0.29, 0.717) is 36.0 Å². The molecule has 1 aromatic carbocycles. The first kappa shape index (κ1) is 39.9. The van der Waals surface area contributed by atoms with E-state index in [2.05, 4.69) is 5.32 Å². The maximum absolute atomic E-state index is 14.0. The van der Waals surface area contributed by atoms with Crippen LogP contribution in [0.2, 0.25) is 0 Å². The fourth-order valence-electron chi connectivity index (χ4n) is 8.36. The monoisotopic (exact) mass is 703 g/mol. The molecule has 50 heavy (non-hydrogen) atoms. The Morgan fingerprint density at radius 3 is 2.26 bits per heavy atom. The number of rotatable bonds is 11. The number of fused-ring (bicyclic) bond motifs is 2. The highest BCUT2D eigenvalue weighted by molar-refractivity contribution is 5.88. The fraction of sp³-hybridized carbons (Fsp3) is 0.711. The van der Waals surface area contributed by atoms with Crippen LogP contribution in [0.15, 0.2) is 41.5 Å². The van der Waals surface area contributed by atoms with Crippen molar-refractivity contribution in [3.63, 3.8) is 0 Å². The van der Waals surface area contributed by atoms with Crippen LogP contribution in [0, 0.1) is 17.3 Å².